The molecule has 1 aliphatic carbocycles. The van der Waals surface area contributed by atoms with Gasteiger partial charge in [0.2, 0.25) is 0 Å². The van der Waals surface area contributed by atoms with Gasteiger partial charge in [-0.25, -0.2) is 8.78 Å². The summed E-state index contributed by atoms with van der Waals surface area (Å²) in [6.07, 6.45) is 6.83. The van der Waals surface area contributed by atoms with E-state index in [9.17, 15) is 8.78 Å². The lowest BCUT2D eigenvalue weighted by atomic mass is 10.1. The lowest BCUT2D eigenvalue weighted by Crippen LogP contribution is -2.17. The van der Waals surface area contributed by atoms with Gasteiger partial charge in [-0.3, -0.25) is 0 Å². The van der Waals surface area contributed by atoms with Crippen molar-refractivity contribution in [2.75, 3.05) is 6.54 Å². The Morgan fingerprint density at radius 1 is 1.06 bits per heavy atom. The largest absolute Gasteiger partial charge is 0.314 e. The number of nitrogens with one attached hydrogen (secondary N) is 1. The first-order chi connectivity index (χ1) is 8.25. The van der Waals surface area contributed by atoms with Crippen molar-refractivity contribution < 1.29 is 8.78 Å². The van der Waals surface area contributed by atoms with Crippen LogP contribution < -0.4 is 5.32 Å². The van der Waals surface area contributed by atoms with Crippen LogP contribution in [0.25, 0.3) is 0 Å². The summed E-state index contributed by atoms with van der Waals surface area (Å²) in [6.45, 7) is 1.09. The zero-order chi connectivity index (χ0) is 12.1. The highest BCUT2D eigenvalue weighted by atomic mass is 19.2. The molecular weight excluding hydrogens is 220 g/mol. The lowest BCUT2D eigenvalue weighted by Gasteiger charge is -2.04. The van der Waals surface area contributed by atoms with E-state index in [1.807, 2.05) is 0 Å². The maximum absolute atomic E-state index is 12.9. The third-order valence-corrected chi connectivity index (χ3v) is 3.14. The second-order valence-corrected chi connectivity index (χ2v) is 4.79. The molecule has 0 radical (unpaired) electrons. The average Bonchev–Trinajstić information content (AvgIpc) is 3.12. The molecule has 1 nitrogen and oxygen atoms in total. The lowest BCUT2D eigenvalue weighted by molar-refractivity contribution is 0.506. The summed E-state index contributed by atoms with van der Waals surface area (Å²) in [6, 6.07) is 4.96. The summed E-state index contributed by atoms with van der Waals surface area (Å²) in [4.78, 5) is 0. The maximum atomic E-state index is 12.9. The van der Waals surface area contributed by atoms with Crippen molar-refractivity contribution in [3.05, 3.63) is 35.4 Å². The van der Waals surface area contributed by atoms with Crippen molar-refractivity contribution in [3.63, 3.8) is 0 Å². The summed E-state index contributed by atoms with van der Waals surface area (Å²) in [5.41, 5.74) is 0.888. The van der Waals surface area contributed by atoms with Gasteiger partial charge < -0.3 is 5.32 Å². The first-order valence-electron chi connectivity index (χ1n) is 6.43. The molecule has 1 aliphatic rings. The molecule has 0 aliphatic heterocycles. The Hall–Kier alpha value is -0.960. The summed E-state index contributed by atoms with van der Waals surface area (Å²) in [7, 11) is 0. The first kappa shape index (κ1) is 12.5. The molecule has 2 rings (SSSR count). The number of unbranched alkanes of at least 4 members (excludes halogenated alkanes) is 2. The van der Waals surface area contributed by atoms with Crippen LogP contribution in [0.4, 0.5) is 8.78 Å². The summed E-state index contributed by atoms with van der Waals surface area (Å²) >= 11 is 0. The molecule has 0 unspecified atom stereocenters. The van der Waals surface area contributed by atoms with Crippen LogP contribution >= 0.6 is 0 Å². The molecule has 0 atom stereocenters. The van der Waals surface area contributed by atoms with Gasteiger partial charge in [0.05, 0.1) is 0 Å². The van der Waals surface area contributed by atoms with Crippen LogP contribution in [0.1, 0.15) is 37.7 Å². The zero-order valence-corrected chi connectivity index (χ0v) is 10.0. The Morgan fingerprint density at radius 2 is 1.88 bits per heavy atom. The van der Waals surface area contributed by atoms with E-state index in [0.717, 1.165) is 37.4 Å². The topological polar surface area (TPSA) is 12.0 Å². The second-order valence-electron chi connectivity index (χ2n) is 4.79. The van der Waals surface area contributed by atoms with Crippen LogP contribution in [-0.2, 0) is 6.42 Å². The van der Waals surface area contributed by atoms with Crippen molar-refractivity contribution in [1.29, 1.82) is 0 Å². The second kappa shape index (κ2) is 6.10. The van der Waals surface area contributed by atoms with Crippen LogP contribution in [0.15, 0.2) is 18.2 Å². The minimum atomic E-state index is -0.762. The Morgan fingerprint density at radius 3 is 2.59 bits per heavy atom. The number of rotatable bonds is 7. The van der Waals surface area contributed by atoms with E-state index in [1.165, 1.54) is 31.4 Å². The van der Waals surface area contributed by atoms with E-state index in [0.29, 0.717) is 0 Å². The van der Waals surface area contributed by atoms with Crippen molar-refractivity contribution in [1.82, 2.24) is 5.32 Å². The summed E-state index contributed by atoms with van der Waals surface area (Å²) in [5, 5.41) is 3.46. The number of halogens is 2. The molecule has 1 aromatic rings. The molecule has 1 saturated carbocycles. The van der Waals surface area contributed by atoms with Crippen molar-refractivity contribution in [2.24, 2.45) is 0 Å². The molecule has 3 heteroatoms. The van der Waals surface area contributed by atoms with E-state index in [-0.39, 0.29) is 0 Å². The fourth-order valence-electron chi connectivity index (χ4n) is 1.92. The van der Waals surface area contributed by atoms with Gasteiger partial charge in [-0.1, -0.05) is 12.5 Å². The molecule has 0 bridgehead atoms. The Balaban J connectivity index is 1.58. The summed E-state index contributed by atoms with van der Waals surface area (Å²) in [5.74, 6) is -1.50. The third kappa shape index (κ3) is 4.43. The maximum Gasteiger partial charge on any atom is 0.159 e. The smallest absolute Gasteiger partial charge is 0.159 e. The molecule has 0 saturated heterocycles. The van der Waals surface area contributed by atoms with E-state index < -0.39 is 11.6 Å². The van der Waals surface area contributed by atoms with Crippen LogP contribution in [0, 0.1) is 11.6 Å². The van der Waals surface area contributed by atoms with E-state index in [2.05, 4.69) is 5.32 Å². The van der Waals surface area contributed by atoms with E-state index in [1.54, 1.807) is 6.07 Å². The van der Waals surface area contributed by atoms with E-state index in [4.69, 9.17) is 0 Å². The number of hydrogen-bond donors (Lipinski definition) is 1. The zero-order valence-electron chi connectivity index (χ0n) is 10.0. The fourth-order valence-corrected chi connectivity index (χ4v) is 1.92. The van der Waals surface area contributed by atoms with Gasteiger partial charge >= 0.3 is 0 Å². The quantitative estimate of drug-likeness (QED) is 0.719. The van der Waals surface area contributed by atoms with Crippen LogP contribution in [0.2, 0.25) is 0 Å². The highest BCUT2D eigenvalue weighted by Gasteiger charge is 2.19. The molecular formula is C14H19F2N. The monoisotopic (exact) mass is 239 g/mol. The molecule has 0 heterocycles. The third-order valence-electron chi connectivity index (χ3n) is 3.14. The molecule has 17 heavy (non-hydrogen) atoms. The van der Waals surface area contributed by atoms with E-state index >= 15 is 0 Å². The first-order valence-corrected chi connectivity index (χ1v) is 6.43. The van der Waals surface area contributed by atoms with Crippen molar-refractivity contribution in [2.45, 2.75) is 44.6 Å². The van der Waals surface area contributed by atoms with Crippen molar-refractivity contribution >= 4 is 0 Å². The number of benzene rings is 1. The Bertz CT molecular complexity index is 361. The average molecular weight is 239 g/mol. The highest BCUT2D eigenvalue weighted by molar-refractivity contribution is 5.17. The normalized spacial score (nSPS) is 15.2. The molecule has 94 valence electrons. The predicted molar refractivity (Wildman–Crippen MR) is 64.9 cm³/mol. The molecule has 0 amide bonds. The highest BCUT2D eigenvalue weighted by Crippen LogP contribution is 2.18. The van der Waals surface area contributed by atoms with Gasteiger partial charge in [-0.2, -0.15) is 0 Å². The Kier molecular flexibility index (Phi) is 4.49. The number of aryl methyl sites for hydroxylation is 1. The van der Waals surface area contributed by atoms with Crippen LogP contribution in [-0.4, -0.2) is 12.6 Å². The van der Waals surface area contributed by atoms with Gasteiger partial charge in [0, 0.05) is 6.04 Å². The van der Waals surface area contributed by atoms with Gasteiger partial charge in [-0.15, -0.1) is 0 Å². The minimum absolute atomic E-state index is 0.738. The predicted octanol–water partition coefficient (Wildman–Crippen LogP) is 3.43. The van der Waals surface area contributed by atoms with Gasteiger partial charge in [0.15, 0.2) is 11.6 Å². The van der Waals surface area contributed by atoms with Crippen LogP contribution in [0.3, 0.4) is 0 Å². The van der Waals surface area contributed by atoms with Gasteiger partial charge in [0.1, 0.15) is 0 Å². The van der Waals surface area contributed by atoms with Crippen molar-refractivity contribution in [3.8, 4) is 0 Å². The number of hydrogen-bond acceptors (Lipinski definition) is 1. The van der Waals surface area contributed by atoms with Gasteiger partial charge in [-0.05, 0) is 56.3 Å². The standard InChI is InChI=1S/C14H19F2N/c15-13-8-5-11(10-14(13)16)4-2-1-3-9-17-12-6-7-12/h5,8,10,12,17H,1-4,6-7,9H2. The summed E-state index contributed by atoms with van der Waals surface area (Å²) < 4.78 is 25.6. The van der Waals surface area contributed by atoms with Crippen LogP contribution in [0.5, 0.6) is 0 Å². The Labute approximate surface area is 101 Å². The molecule has 1 aromatic carbocycles. The minimum Gasteiger partial charge on any atom is -0.314 e. The molecule has 1 fully saturated rings. The molecule has 0 spiro atoms. The van der Waals surface area contributed by atoms with Gasteiger partial charge in [0.25, 0.3) is 0 Å². The fraction of sp³-hybridized carbons (Fsp3) is 0.571. The molecule has 0 aromatic heterocycles. The molecule has 1 N–H and O–H groups in total. The SMILES string of the molecule is Fc1ccc(CCCCCNC2CC2)cc1F.